The lowest BCUT2D eigenvalue weighted by Gasteiger charge is -2.16. The highest BCUT2D eigenvalue weighted by Crippen LogP contribution is 2.21. The van der Waals surface area contributed by atoms with Crippen molar-refractivity contribution in [3.63, 3.8) is 0 Å². The third-order valence-electron chi connectivity index (χ3n) is 3.35. The average Bonchev–Trinajstić information content (AvgIpc) is 2.89. The molecule has 2 rings (SSSR count). The quantitative estimate of drug-likeness (QED) is 0.848. The van der Waals surface area contributed by atoms with E-state index in [1.807, 2.05) is 11.3 Å². The number of likely N-dealkylation sites (N-methyl/N-ethyl adjacent to an activating group) is 1. The number of hydrogen-bond acceptors (Lipinski definition) is 3. The van der Waals surface area contributed by atoms with Crippen molar-refractivity contribution in [2.24, 2.45) is 0 Å². The monoisotopic (exact) mass is 238 g/mol. The van der Waals surface area contributed by atoms with E-state index in [1.165, 1.54) is 31.5 Å². The number of nitrogens with one attached hydrogen (secondary N) is 1. The molecule has 2 nitrogen and oxygen atoms in total. The van der Waals surface area contributed by atoms with Gasteiger partial charge in [-0.25, -0.2) is 0 Å². The van der Waals surface area contributed by atoms with E-state index in [0.717, 1.165) is 19.1 Å². The topological polar surface area (TPSA) is 15.3 Å². The summed E-state index contributed by atoms with van der Waals surface area (Å²) in [5.41, 5.74) is 1.54. The molecule has 0 saturated carbocycles. The van der Waals surface area contributed by atoms with Crippen LogP contribution >= 0.6 is 11.3 Å². The van der Waals surface area contributed by atoms with Crippen LogP contribution < -0.4 is 5.32 Å². The van der Waals surface area contributed by atoms with E-state index >= 15 is 0 Å². The Labute approximate surface area is 103 Å². The average molecular weight is 238 g/mol. The zero-order valence-corrected chi connectivity index (χ0v) is 11.1. The number of thiophene rings is 1. The first-order valence-corrected chi connectivity index (χ1v) is 7.22. The molecule has 90 valence electrons. The van der Waals surface area contributed by atoms with Crippen LogP contribution in [0.1, 0.15) is 30.7 Å². The van der Waals surface area contributed by atoms with Crippen LogP contribution in [0.4, 0.5) is 0 Å². The molecule has 1 unspecified atom stereocenters. The minimum Gasteiger partial charge on any atom is -0.313 e. The molecule has 2 heterocycles. The fourth-order valence-electron chi connectivity index (χ4n) is 2.46. The van der Waals surface area contributed by atoms with Gasteiger partial charge in [0.25, 0.3) is 0 Å². The predicted molar refractivity (Wildman–Crippen MR) is 71.1 cm³/mol. The van der Waals surface area contributed by atoms with E-state index in [0.29, 0.717) is 0 Å². The van der Waals surface area contributed by atoms with Crippen LogP contribution in [0.15, 0.2) is 11.4 Å². The molecule has 1 aliphatic heterocycles. The number of rotatable bonds is 5. The molecule has 1 aromatic rings. The second kappa shape index (κ2) is 5.80. The lowest BCUT2D eigenvalue weighted by molar-refractivity contribution is 0.323. The first-order valence-electron chi connectivity index (χ1n) is 6.34. The van der Waals surface area contributed by atoms with Crippen molar-refractivity contribution in [2.45, 2.75) is 39.3 Å². The normalized spacial score (nSPS) is 21.8. The molecule has 0 aliphatic carbocycles. The maximum Gasteiger partial charge on any atom is 0.0331 e. The van der Waals surface area contributed by atoms with Crippen LogP contribution in [0.25, 0.3) is 0 Å². The Kier molecular flexibility index (Phi) is 4.38. The van der Waals surface area contributed by atoms with E-state index < -0.39 is 0 Å². The maximum atomic E-state index is 3.54. The molecule has 1 atom stereocenters. The summed E-state index contributed by atoms with van der Waals surface area (Å²) in [5, 5.41) is 5.77. The van der Waals surface area contributed by atoms with E-state index in [-0.39, 0.29) is 0 Å². The Bertz CT molecular complexity index is 321. The Morgan fingerprint density at radius 1 is 1.50 bits per heavy atom. The standard InChI is InChI=1S/C13H22N2S/c1-3-11-6-8-16-13(11)10-15-7-5-12(9-15)14-4-2/h6,8,12,14H,3-5,7,9-10H2,1-2H3. The molecule has 1 fully saturated rings. The first-order chi connectivity index (χ1) is 7.83. The second-order valence-electron chi connectivity index (χ2n) is 4.50. The molecule has 0 aromatic carbocycles. The molecular formula is C13H22N2S. The van der Waals surface area contributed by atoms with E-state index in [4.69, 9.17) is 0 Å². The smallest absolute Gasteiger partial charge is 0.0331 e. The fraction of sp³-hybridized carbons (Fsp3) is 0.692. The van der Waals surface area contributed by atoms with Crippen molar-refractivity contribution < 1.29 is 0 Å². The number of hydrogen-bond donors (Lipinski definition) is 1. The molecule has 0 radical (unpaired) electrons. The van der Waals surface area contributed by atoms with Gasteiger partial charge in [0.2, 0.25) is 0 Å². The van der Waals surface area contributed by atoms with Gasteiger partial charge >= 0.3 is 0 Å². The minimum absolute atomic E-state index is 0.718. The lowest BCUT2D eigenvalue weighted by atomic mass is 10.2. The molecule has 1 N–H and O–H groups in total. The van der Waals surface area contributed by atoms with Crippen LogP contribution in [-0.2, 0) is 13.0 Å². The minimum atomic E-state index is 0.718. The van der Waals surface area contributed by atoms with Gasteiger partial charge in [-0.3, -0.25) is 4.90 Å². The number of nitrogens with zero attached hydrogens (tertiary/aromatic N) is 1. The van der Waals surface area contributed by atoms with Gasteiger partial charge in [-0.15, -0.1) is 11.3 Å². The second-order valence-corrected chi connectivity index (χ2v) is 5.50. The van der Waals surface area contributed by atoms with Crippen LogP contribution in [0, 0.1) is 0 Å². The van der Waals surface area contributed by atoms with Crippen molar-refractivity contribution in [3.05, 3.63) is 21.9 Å². The largest absolute Gasteiger partial charge is 0.313 e. The zero-order chi connectivity index (χ0) is 11.4. The van der Waals surface area contributed by atoms with Crippen LogP contribution in [0.3, 0.4) is 0 Å². The molecule has 3 heteroatoms. The highest BCUT2D eigenvalue weighted by Gasteiger charge is 2.22. The summed E-state index contributed by atoms with van der Waals surface area (Å²) in [4.78, 5) is 4.15. The van der Waals surface area contributed by atoms with E-state index in [9.17, 15) is 0 Å². The molecule has 0 spiro atoms. The van der Waals surface area contributed by atoms with Crippen molar-refractivity contribution in [2.75, 3.05) is 19.6 Å². The predicted octanol–water partition coefficient (Wildman–Crippen LogP) is 2.49. The Morgan fingerprint density at radius 3 is 3.12 bits per heavy atom. The molecule has 0 amide bonds. The number of likely N-dealkylation sites (tertiary alicyclic amines) is 1. The fourth-order valence-corrected chi connectivity index (χ4v) is 3.47. The van der Waals surface area contributed by atoms with Gasteiger partial charge in [0, 0.05) is 30.6 Å². The van der Waals surface area contributed by atoms with Crippen molar-refractivity contribution >= 4 is 11.3 Å². The molecule has 1 saturated heterocycles. The summed E-state index contributed by atoms with van der Waals surface area (Å²) >= 11 is 1.91. The van der Waals surface area contributed by atoms with Crippen LogP contribution in [0.5, 0.6) is 0 Å². The zero-order valence-electron chi connectivity index (χ0n) is 10.3. The van der Waals surface area contributed by atoms with Crippen molar-refractivity contribution in [3.8, 4) is 0 Å². The molecule has 0 bridgehead atoms. The lowest BCUT2D eigenvalue weighted by Crippen LogP contribution is -2.32. The Balaban J connectivity index is 1.87. The van der Waals surface area contributed by atoms with Gasteiger partial charge in [-0.1, -0.05) is 13.8 Å². The highest BCUT2D eigenvalue weighted by atomic mass is 32.1. The van der Waals surface area contributed by atoms with Gasteiger partial charge in [-0.05, 0) is 36.4 Å². The summed E-state index contributed by atoms with van der Waals surface area (Å²) in [6, 6.07) is 2.99. The molecular weight excluding hydrogens is 216 g/mol. The molecule has 1 aliphatic rings. The van der Waals surface area contributed by atoms with E-state index in [1.54, 1.807) is 4.88 Å². The first kappa shape index (κ1) is 12.1. The summed E-state index contributed by atoms with van der Waals surface area (Å²) < 4.78 is 0. The Morgan fingerprint density at radius 2 is 2.38 bits per heavy atom. The van der Waals surface area contributed by atoms with Gasteiger partial charge in [-0.2, -0.15) is 0 Å². The van der Waals surface area contributed by atoms with Gasteiger partial charge in [0.15, 0.2) is 0 Å². The third-order valence-corrected chi connectivity index (χ3v) is 4.30. The van der Waals surface area contributed by atoms with Crippen molar-refractivity contribution in [1.82, 2.24) is 10.2 Å². The van der Waals surface area contributed by atoms with E-state index in [2.05, 4.69) is 35.5 Å². The summed E-state index contributed by atoms with van der Waals surface area (Å²) in [5.74, 6) is 0. The molecule has 1 aromatic heterocycles. The van der Waals surface area contributed by atoms with Gasteiger partial charge in [0.1, 0.15) is 0 Å². The van der Waals surface area contributed by atoms with Crippen molar-refractivity contribution in [1.29, 1.82) is 0 Å². The summed E-state index contributed by atoms with van der Waals surface area (Å²) in [6.07, 6.45) is 2.48. The number of aryl methyl sites for hydroxylation is 1. The summed E-state index contributed by atoms with van der Waals surface area (Å²) in [7, 11) is 0. The Hall–Kier alpha value is -0.380. The molecule has 16 heavy (non-hydrogen) atoms. The highest BCUT2D eigenvalue weighted by molar-refractivity contribution is 7.10. The third kappa shape index (κ3) is 2.84. The SMILES string of the molecule is CCNC1CCN(Cc2sccc2CC)C1. The van der Waals surface area contributed by atoms with Crippen LogP contribution in [-0.4, -0.2) is 30.6 Å². The van der Waals surface area contributed by atoms with Gasteiger partial charge in [0.05, 0.1) is 0 Å². The summed E-state index contributed by atoms with van der Waals surface area (Å²) in [6.45, 7) is 9.15. The van der Waals surface area contributed by atoms with Gasteiger partial charge < -0.3 is 5.32 Å². The van der Waals surface area contributed by atoms with Crippen LogP contribution in [0.2, 0.25) is 0 Å². The maximum absolute atomic E-state index is 3.54.